The van der Waals surface area contributed by atoms with Gasteiger partial charge in [0.15, 0.2) is 9.76 Å². The van der Waals surface area contributed by atoms with Gasteiger partial charge in [-0.05, 0) is 20.8 Å². The fourth-order valence-corrected chi connectivity index (χ4v) is 1.54. The number of alkyl halides is 1. The highest BCUT2D eigenvalue weighted by Gasteiger charge is 1.95. The number of allylic oxidation sites excluding steroid dienone is 1. The lowest BCUT2D eigenvalue weighted by Gasteiger charge is -2.06. The van der Waals surface area contributed by atoms with Crippen LogP contribution in [0.2, 0.25) is 0 Å². The first-order valence-electron chi connectivity index (χ1n) is 3.47. The van der Waals surface area contributed by atoms with Crippen LogP contribution in [-0.2, 0) is 4.43 Å². The summed E-state index contributed by atoms with van der Waals surface area (Å²) in [6.45, 7) is 6.17. The van der Waals surface area contributed by atoms with Crippen LogP contribution in [-0.4, -0.2) is 21.7 Å². The molecule has 0 aromatic heterocycles. The Morgan fingerprint density at radius 2 is 2.30 bits per heavy atom. The fourth-order valence-electron chi connectivity index (χ4n) is 0.424. The van der Waals surface area contributed by atoms with Crippen LogP contribution in [0.4, 0.5) is 0 Å². The van der Waals surface area contributed by atoms with E-state index in [1.807, 2.05) is 6.92 Å². The van der Waals surface area contributed by atoms with Gasteiger partial charge in [-0.2, -0.15) is 0 Å². The molecule has 10 heavy (non-hydrogen) atoms. The van der Waals surface area contributed by atoms with Gasteiger partial charge in [0.1, 0.15) is 0 Å². The second kappa shape index (κ2) is 5.95. The molecule has 1 atom stereocenters. The van der Waals surface area contributed by atoms with E-state index in [1.54, 1.807) is 0 Å². The summed E-state index contributed by atoms with van der Waals surface area (Å²) >= 11 is 5.54. The van der Waals surface area contributed by atoms with E-state index < -0.39 is 9.76 Å². The van der Waals surface area contributed by atoms with E-state index in [4.69, 9.17) is 16.0 Å². The third kappa shape index (κ3) is 6.33. The van der Waals surface area contributed by atoms with Gasteiger partial charge in [0.05, 0.1) is 6.10 Å². The Hall–Kier alpha value is 0.207. The molecule has 0 spiro atoms. The Bertz CT molecular complexity index is 110. The molecule has 0 heterocycles. The summed E-state index contributed by atoms with van der Waals surface area (Å²) in [4.78, 5) is 0. The first-order chi connectivity index (χ1) is 4.66. The van der Waals surface area contributed by atoms with Gasteiger partial charge in [0, 0.05) is 5.88 Å². The van der Waals surface area contributed by atoms with Gasteiger partial charge in [-0.25, -0.2) is 0 Å². The average molecular weight is 179 g/mol. The molecule has 0 aliphatic rings. The molecular formula is C7H15ClOSi. The Morgan fingerprint density at radius 3 is 2.70 bits per heavy atom. The van der Waals surface area contributed by atoms with Gasteiger partial charge in [0.2, 0.25) is 0 Å². The minimum Gasteiger partial charge on any atom is -0.415 e. The minimum absolute atomic E-state index is 0.226. The Balaban J connectivity index is 3.28. The largest absolute Gasteiger partial charge is 0.415 e. The molecular weight excluding hydrogens is 164 g/mol. The maximum absolute atomic E-state index is 5.54. The van der Waals surface area contributed by atoms with Crippen LogP contribution in [0.15, 0.2) is 11.3 Å². The van der Waals surface area contributed by atoms with Gasteiger partial charge < -0.3 is 4.43 Å². The molecule has 0 amide bonds. The summed E-state index contributed by atoms with van der Waals surface area (Å²) < 4.78 is 5.43. The lowest BCUT2D eigenvalue weighted by Crippen LogP contribution is -2.11. The van der Waals surface area contributed by atoms with Crippen molar-refractivity contribution in [2.75, 3.05) is 5.88 Å². The van der Waals surface area contributed by atoms with E-state index in [0.29, 0.717) is 5.88 Å². The van der Waals surface area contributed by atoms with Crippen LogP contribution in [0.5, 0.6) is 0 Å². The van der Waals surface area contributed by atoms with Crippen LogP contribution in [0.3, 0.4) is 0 Å². The molecule has 0 aliphatic carbocycles. The first-order valence-corrected chi connectivity index (χ1v) is 5.40. The summed E-state index contributed by atoms with van der Waals surface area (Å²) in [6, 6.07) is 0. The standard InChI is InChI=1S/C7H15ClOSi/c1-6(2)5-10-9-7(3)4-8/h5,7H,4,10H2,1-3H3. The van der Waals surface area contributed by atoms with Crippen LogP contribution in [0.1, 0.15) is 20.8 Å². The minimum atomic E-state index is -0.441. The molecule has 0 bridgehead atoms. The van der Waals surface area contributed by atoms with Gasteiger partial charge in [0.25, 0.3) is 0 Å². The summed E-state index contributed by atoms with van der Waals surface area (Å²) in [5.74, 6) is 0.601. The number of hydrogen-bond donors (Lipinski definition) is 0. The van der Waals surface area contributed by atoms with Crippen LogP contribution < -0.4 is 0 Å². The van der Waals surface area contributed by atoms with E-state index in [1.165, 1.54) is 5.57 Å². The number of halogens is 1. The van der Waals surface area contributed by atoms with Crippen molar-refractivity contribution in [1.29, 1.82) is 0 Å². The summed E-state index contributed by atoms with van der Waals surface area (Å²) in [6.07, 6.45) is 0.226. The van der Waals surface area contributed by atoms with Crippen molar-refractivity contribution in [1.82, 2.24) is 0 Å². The van der Waals surface area contributed by atoms with E-state index in [9.17, 15) is 0 Å². The maximum atomic E-state index is 5.54. The molecule has 0 aliphatic heterocycles. The van der Waals surface area contributed by atoms with E-state index >= 15 is 0 Å². The highest BCUT2D eigenvalue weighted by molar-refractivity contribution is 6.34. The molecule has 0 rings (SSSR count). The van der Waals surface area contributed by atoms with Crippen LogP contribution in [0.25, 0.3) is 0 Å². The number of rotatable bonds is 4. The highest BCUT2D eigenvalue weighted by Crippen LogP contribution is 1.93. The fraction of sp³-hybridized carbons (Fsp3) is 0.714. The van der Waals surface area contributed by atoms with Crippen molar-refractivity contribution in [3.63, 3.8) is 0 Å². The van der Waals surface area contributed by atoms with Crippen molar-refractivity contribution in [2.24, 2.45) is 0 Å². The third-order valence-electron chi connectivity index (χ3n) is 1.09. The molecule has 1 unspecified atom stereocenters. The van der Waals surface area contributed by atoms with Crippen molar-refractivity contribution in [3.8, 4) is 0 Å². The maximum Gasteiger partial charge on any atom is 0.185 e. The molecule has 60 valence electrons. The topological polar surface area (TPSA) is 9.23 Å². The Labute approximate surface area is 70.4 Å². The monoisotopic (exact) mass is 178 g/mol. The Morgan fingerprint density at radius 1 is 1.70 bits per heavy atom. The van der Waals surface area contributed by atoms with E-state index in [2.05, 4.69) is 19.5 Å². The normalized spacial score (nSPS) is 14.0. The molecule has 0 aromatic carbocycles. The van der Waals surface area contributed by atoms with Crippen molar-refractivity contribution in [2.45, 2.75) is 26.9 Å². The predicted molar refractivity (Wildman–Crippen MR) is 49.2 cm³/mol. The molecule has 0 saturated carbocycles. The average Bonchev–Trinajstić information content (AvgIpc) is 1.87. The summed E-state index contributed by atoms with van der Waals surface area (Å²) in [7, 11) is -0.441. The summed E-state index contributed by atoms with van der Waals surface area (Å²) in [5.41, 5.74) is 3.52. The molecule has 0 N–H and O–H groups in total. The van der Waals surface area contributed by atoms with Crippen molar-refractivity contribution in [3.05, 3.63) is 11.3 Å². The molecule has 0 aromatic rings. The lowest BCUT2D eigenvalue weighted by atomic mass is 10.4. The van der Waals surface area contributed by atoms with Crippen LogP contribution in [0, 0.1) is 0 Å². The smallest absolute Gasteiger partial charge is 0.185 e. The van der Waals surface area contributed by atoms with E-state index in [-0.39, 0.29) is 6.10 Å². The van der Waals surface area contributed by atoms with E-state index in [0.717, 1.165) is 0 Å². The zero-order valence-electron chi connectivity index (χ0n) is 6.86. The van der Waals surface area contributed by atoms with Gasteiger partial charge in [-0.15, -0.1) is 11.6 Å². The summed E-state index contributed by atoms with van der Waals surface area (Å²) in [5, 5.41) is 0. The second-order valence-electron chi connectivity index (χ2n) is 2.58. The first kappa shape index (κ1) is 10.2. The zero-order chi connectivity index (χ0) is 7.98. The molecule has 0 fully saturated rings. The Kier molecular flexibility index (Phi) is 6.08. The third-order valence-corrected chi connectivity index (χ3v) is 3.27. The molecule has 0 saturated heterocycles. The molecule has 3 heteroatoms. The quantitative estimate of drug-likeness (QED) is 0.470. The van der Waals surface area contributed by atoms with Crippen molar-refractivity contribution >= 4 is 21.4 Å². The van der Waals surface area contributed by atoms with Gasteiger partial charge in [-0.3, -0.25) is 0 Å². The van der Waals surface area contributed by atoms with Gasteiger partial charge >= 0.3 is 0 Å². The van der Waals surface area contributed by atoms with Gasteiger partial charge in [-0.1, -0.05) is 11.3 Å². The predicted octanol–water partition coefficient (Wildman–Crippen LogP) is 1.64. The molecule has 1 nitrogen and oxygen atoms in total. The highest BCUT2D eigenvalue weighted by atomic mass is 35.5. The van der Waals surface area contributed by atoms with Crippen LogP contribution >= 0.6 is 11.6 Å². The number of hydrogen-bond acceptors (Lipinski definition) is 1. The zero-order valence-corrected chi connectivity index (χ0v) is 9.03. The van der Waals surface area contributed by atoms with Crippen molar-refractivity contribution < 1.29 is 4.43 Å². The SMILES string of the molecule is CC(C)=C[SiH2]OC(C)CCl. The molecule has 0 radical (unpaired) electrons. The second-order valence-corrected chi connectivity index (χ2v) is 3.96. The lowest BCUT2D eigenvalue weighted by molar-refractivity contribution is 0.263.